The number of carboxylic acids is 1. The minimum absolute atomic E-state index is 0. The molecule has 36 heavy (non-hydrogen) atoms. The minimum atomic E-state index is -4.51. The molecule has 1 N–H and O–H groups in total. The van der Waals surface area contributed by atoms with E-state index in [0.717, 1.165) is 6.07 Å². The standard InChI is InChI=1S/C25H27F3N2O5.Ca.2H/c1-4-33-22-17(16-30(29-22)21-13-6-5-12-20(21)25(26,27)28)9-8-14-34-18-10-7-11-19(15-18)35-24(2,3)23(31)32;;;/h5-7,10-13,15-16H,4,8-9,14H2,1-3H3,(H,31,32);;;. The van der Waals surface area contributed by atoms with Crippen LogP contribution in [0.3, 0.4) is 0 Å². The molecule has 0 atom stereocenters. The van der Waals surface area contributed by atoms with Crippen LogP contribution < -0.4 is 14.2 Å². The average Bonchev–Trinajstić information content (AvgIpc) is 3.19. The molecule has 11 heteroatoms. The van der Waals surface area contributed by atoms with Crippen molar-refractivity contribution in [1.82, 2.24) is 9.78 Å². The second-order valence-electron chi connectivity index (χ2n) is 8.20. The first-order valence-corrected chi connectivity index (χ1v) is 11.0. The molecule has 0 amide bonds. The van der Waals surface area contributed by atoms with E-state index in [1.54, 1.807) is 31.2 Å². The molecule has 0 bridgehead atoms. The molecular weight excluding hydrogens is 505 g/mol. The number of aliphatic carboxylic acids is 1. The molecule has 2 aromatic carbocycles. The van der Waals surface area contributed by atoms with Crippen LogP contribution in [-0.2, 0) is 17.4 Å². The van der Waals surface area contributed by atoms with Crippen molar-refractivity contribution in [3.8, 4) is 23.1 Å². The van der Waals surface area contributed by atoms with Gasteiger partial charge < -0.3 is 19.3 Å². The Labute approximate surface area is 237 Å². The third-order valence-electron chi connectivity index (χ3n) is 5.04. The topological polar surface area (TPSA) is 82.8 Å². The van der Waals surface area contributed by atoms with E-state index in [9.17, 15) is 23.1 Å². The van der Waals surface area contributed by atoms with E-state index < -0.39 is 23.3 Å². The zero-order chi connectivity index (χ0) is 25.6. The van der Waals surface area contributed by atoms with Crippen molar-refractivity contribution in [3.63, 3.8) is 0 Å². The van der Waals surface area contributed by atoms with Crippen LogP contribution in [0.25, 0.3) is 5.69 Å². The van der Waals surface area contributed by atoms with Crippen molar-refractivity contribution in [2.45, 2.75) is 45.4 Å². The molecule has 1 aromatic heterocycles. The second-order valence-corrected chi connectivity index (χ2v) is 8.20. The summed E-state index contributed by atoms with van der Waals surface area (Å²) in [7, 11) is 0. The number of benzene rings is 2. The molecule has 0 spiro atoms. The number of hydrogen-bond acceptors (Lipinski definition) is 5. The molecule has 0 fully saturated rings. The van der Waals surface area contributed by atoms with Crippen LogP contribution in [0.5, 0.6) is 17.4 Å². The number of aromatic nitrogens is 2. The molecule has 3 rings (SSSR count). The van der Waals surface area contributed by atoms with Crippen molar-refractivity contribution >= 4 is 43.7 Å². The number of nitrogens with zero attached hydrogens (tertiary/aromatic N) is 2. The van der Waals surface area contributed by atoms with Crippen LogP contribution in [0.4, 0.5) is 13.2 Å². The molecule has 0 saturated carbocycles. The van der Waals surface area contributed by atoms with Gasteiger partial charge >= 0.3 is 49.9 Å². The van der Waals surface area contributed by atoms with Gasteiger partial charge in [0.2, 0.25) is 5.88 Å². The predicted octanol–water partition coefficient (Wildman–Crippen LogP) is 4.63. The summed E-state index contributed by atoms with van der Waals surface area (Å²) in [5.74, 6) is 0.0461. The first kappa shape index (κ1) is 29.8. The van der Waals surface area contributed by atoms with E-state index in [2.05, 4.69) is 5.10 Å². The summed E-state index contributed by atoms with van der Waals surface area (Å²) in [6, 6.07) is 11.9. The Morgan fingerprint density at radius 2 is 1.75 bits per heavy atom. The summed E-state index contributed by atoms with van der Waals surface area (Å²) in [5, 5.41) is 13.4. The Hall–Kier alpha value is -2.43. The molecular formula is C25H29CaF3N2O5. The van der Waals surface area contributed by atoms with E-state index in [1.165, 1.54) is 42.9 Å². The van der Waals surface area contributed by atoms with Gasteiger partial charge in [-0.3, -0.25) is 0 Å². The number of hydrogen-bond donors (Lipinski definition) is 1. The Balaban J connectivity index is 0.00000456. The van der Waals surface area contributed by atoms with Gasteiger partial charge in [-0.15, -0.1) is 5.10 Å². The first-order chi connectivity index (χ1) is 16.5. The zero-order valence-corrected chi connectivity index (χ0v) is 19.6. The molecule has 3 aromatic rings. The van der Waals surface area contributed by atoms with Gasteiger partial charge in [-0.2, -0.15) is 13.2 Å². The summed E-state index contributed by atoms with van der Waals surface area (Å²) in [6.45, 7) is 5.30. The molecule has 0 saturated heterocycles. The van der Waals surface area contributed by atoms with E-state index in [-0.39, 0.29) is 49.3 Å². The monoisotopic (exact) mass is 534 g/mol. The van der Waals surface area contributed by atoms with Crippen molar-refractivity contribution < 1.29 is 37.3 Å². The van der Waals surface area contributed by atoms with Gasteiger partial charge in [-0.05, 0) is 57.9 Å². The van der Waals surface area contributed by atoms with Crippen molar-refractivity contribution in [2.75, 3.05) is 13.2 Å². The average molecular weight is 535 g/mol. The van der Waals surface area contributed by atoms with Crippen molar-refractivity contribution in [3.05, 3.63) is 65.9 Å². The molecule has 0 unspecified atom stereocenters. The predicted molar refractivity (Wildman–Crippen MR) is 131 cm³/mol. The molecule has 0 aliphatic rings. The van der Waals surface area contributed by atoms with E-state index in [0.29, 0.717) is 43.1 Å². The van der Waals surface area contributed by atoms with Crippen LogP contribution >= 0.6 is 0 Å². The number of ether oxygens (including phenoxy) is 3. The second kappa shape index (κ2) is 12.7. The molecule has 0 radical (unpaired) electrons. The molecule has 1 heterocycles. The summed E-state index contributed by atoms with van der Waals surface area (Å²) in [6.07, 6.45) is -1.97. The molecule has 192 valence electrons. The first-order valence-electron chi connectivity index (χ1n) is 11.0. The Morgan fingerprint density at radius 3 is 2.42 bits per heavy atom. The quantitative estimate of drug-likeness (QED) is 0.285. The third kappa shape index (κ3) is 7.78. The number of carbonyl (C=O) groups is 1. The van der Waals surface area contributed by atoms with Gasteiger partial charge in [0.25, 0.3) is 0 Å². The number of para-hydroxylation sites is 1. The van der Waals surface area contributed by atoms with E-state index >= 15 is 0 Å². The summed E-state index contributed by atoms with van der Waals surface area (Å²) >= 11 is 0. The van der Waals surface area contributed by atoms with Crippen LogP contribution in [0.2, 0.25) is 0 Å². The van der Waals surface area contributed by atoms with Crippen LogP contribution in [-0.4, -0.2) is 77.4 Å². The zero-order valence-electron chi connectivity index (χ0n) is 19.6. The summed E-state index contributed by atoms with van der Waals surface area (Å²) in [4.78, 5) is 11.3. The normalized spacial score (nSPS) is 11.5. The van der Waals surface area contributed by atoms with Crippen LogP contribution in [0.15, 0.2) is 54.7 Å². The Kier molecular flexibility index (Phi) is 10.5. The van der Waals surface area contributed by atoms with Gasteiger partial charge in [0.15, 0.2) is 5.60 Å². The molecule has 7 nitrogen and oxygen atoms in total. The fourth-order valence-electron chi connectivity index (χ4n) is 3.28. The number of carboxylic acid groups (broad SMARTS) is 1. The molecule has 0 aliphatic carbocycles. The number of alkyl halides is 3. The number of aryl methyl sites for hydroxylation is 1. The number of rotatable bonds is 11. The van der Waals surface area contributed by atoms with Gasteiger partial charge in [0.05, 0.1) is 24.5 Å². The SMILES string of the molecule is CCOc1nn(-c2ccccc2C(F)(F)F)cc1CCCOc1cccc(OC(C)(C)C(=O)O)c1.[CaH2]. The fraction of sp³-hybridized carbons (Fsp3) is 0.360. The van der Waals surface area contributed by atoms with E-state index in [4.69, 9.17) is 14.2 Å². The van der Waals surface area contributed by atoms with Gasteiger partial charge in [0, 0.05) is 17.8 Å². The number of halogens is 3. The van der Waals surface area contributed by atoms with Crippen molar-refractivity contribution in [1.29, 1.82) is 0 Å². The fourth-order valence-corrected chi connectivity index (χ4v) is 3.28. The molecule has 0 aliphatic heterocycles. The maximum absolute atomic E-state index is 13.4. The summed E-state index contributed by atoms with van der Waals surface area (Å²) in [5.41, 5.74) is -1.59. The van der Waals surface area contributed by atoms with Gasteiger partial charge in [-0.25, -0.2) is 9.48 Å². The van der Waals surface area contributed by atoms with Crippen molar-refractivity contribution in [2.24, 2.45) is 0 Å². The Bertz CT molecular complexity index is 1160. The van der Waals surface area contributed by atoms with E-state index in [1.807, 2.05) is 0 Å². The third-order valence-corrected chi connectivity index (χ3v) is 5.04. The van der Waals surface area contributed by atoms with Crippen LogP contribution in [0.1, 0.15) is 38.3 Å². The Morgan fingerprint density at radius 1 is 1.06 bits per heavy atom. The van der Waals surface area contributed by atoms with Crippen LogP contribution in [0, 0.1) is 0 Å². The van der Waals surface area contributed by atoms with Gasteiger partial charge in [0.1, 0.15) is 11.5 Å². The van der Waals surface area contributed by atoms with Gasteiger partial charge in [-0.1, -0.05) is 18.2 Å². The maximum atomic E-state index is 13.4. The summed E-state index contributed by atoms with van der Waals surface area (Å²) < 4.78 is 58.3.